The summed E-state index contributed by atoms with van der Waals surface area (Å²) in [7, 11) is 0. The van der Waals surface area contributed by atoms with Gasteiger partial charge in [0.2, 0.25) is 11.5 Å². The number of nitrogens with zero attached hydrogens (tertiary/aromatic N) is 4. The summed E-state index contributed by atoms with van der Waals surface area (Å²) in [5.74, 6) is 0.416. The number of azo groups is 2. The average molecular weight is 544 g/mol. The predicted molar refractivity (Wildman–Crippen MR) is 172 cm³/mol. The van der Waals surface area contributed by atoms with Crippen LogP contribution >= 0.6 is 0 Å². The minimum Gasteiger partial charge on any atom is -0.201 e. The second-order valence-corrected chi connectivity index (χ2v) is 10.0. The molecule has 42 heavy (non-hydrogen) atoms. The van der Waals surface area contributed by atoms with Gasteiger partial charge in [-0.2, -0.15) is 0 Å². The van der Waals surface area contributed by atoms with Crippen molar-refractivity contribution in [2.75, 3.05) is 11.6 Å². The van der Waals surface area contributed by atoms with Crippen LogP contribution in [0.3, 0.4) is 0 Å². The van der Waals surface area contributed by atoms with Crippen LogP contribution in [0.15, 0.2) is 174 Å². The summed E-state index contributed by atoms with van der Waals surface area (Å²) in [6, 6.07) is 54.1. The zero-order chi connectivity index (χ0) is 29.9. The van der Waals surface area contributed by atoms with Gasteiger partial charge in [-0.3, -0.25) is 0 Å². The van der Waals surface area contributed by atoms with E-state index in [1.807, 2.05) is 127 Å². The Labute approximate surface area is 249 Å². The number of hydrogen-bond donors (Lipinski definition) is 0. The van der Waals surface area contributed by atoms with E-state index in [0.29, 0.717) is 17.2 Å². The predicted octanol–water partition coefficient (Wildman–Crippen LogP) is 9.62. The molecule has 0 saturated carbocycles. The van der Waals surface area contributed by atoms with E-state index < -0.39 is 6.62 Å². The van der Waals surface area contributed by atoms with E-state index in [0.717, 1.165) is 38.9 Å². The molecule has 0 fully saturated rings. The normalized spacial score (nSPS) is 14.8. The van der Waals surface area contributed by atoms with Crippen molar-refractivity contribution in [1.29, 1.82) is 0 Å². The summed E-state index contributed by atoms with van der Waals surface area (Å²) in [6.45, 7) is -2.09. The van der Waals surface area contributed by atoms with E-state index in [4.69, 9.17) is 10.2 Å². The molecule has 6 aromatic carbocycles. The molecule has 200 valence electrons. The zero-order valence-electron chi connectivity index (χ0n) is 24.9. The molecule has 0 aromatic heterocycles. The van der Waals surface area contributed by atoms with Crippen LogP contribution in [-0.4, -0.2) is 17.2 Å². The van der Waals surface area contributed by atoms with Gasteiger partial charge in [-0.15, -0.1) is 5.10 Å². The number of hydrazone groups is 1. The van der Waals surface area contributed by atoms with Gasteiger partial charge in [-0.25, -0.2) is 5.01 Å². The largest absolute Gasteiger partial charge is 0.269 e. The molecule has 1 aliphatic rings. The summed E-state index contributed by atoms with van der Waals surface area (Å²) in [5.41, 5.74) is 8.52. The first-order valence-corrected chi connectivity index (χ1v) is 13.9. The van der Waals surface area contributed by atoms with Crippen molar-refractivity contribution in [2.24, 2.45) is 10.2 Å². The molecule has 1 aliphatic heterocycles. The minimum absolute atomic E-state index is 0.416. The lowest BCUT2D eigenvalue weighted by molar-refractivity contribution is -0.508. The van der Waals surface area contributed by atoms with Crippen LogP contribution in [0.2, 0.25) is 0 Å². The molecular weight excluding hydrogens is 512 g/mol. The molecular formula is C38H29N4+. The first-order valence-electron chi connectivity index (χ1n) is 14.9. The highest BCUT2D eigenvalue weighted by atomic mass is 15.6. The maximum Gasteiger partial charge on any atom is 0.269 e. The highest BCUT2D eigenvalue weighted by molar-refractivity contribution is 6.00. The van der Waals surface area contributed by atoms with Crippen LogP contribution in [0.4, 0.5) is 11.4 Å². The second kappa shape index (κ2) is 11.5. The van der Waals surface area contributed by atoms with Crippen molar-refractivity contribution >= 4 is 17.2 Å². The number of hydrogen-bond acceptors (Lipinski definition) is 3. The van der Waals surface area contributed by atoms with Crippen LogP contribution in [0, 0.1) is 0 Å². The maximum atomic E-state index is 9.27. The van der Waals surface area contributed by atoms with Gasteiger partial charge in [0.05, 0.1) is 5.69 Å². The quantitative estimate of drug-likeness (QED) is 0.192. The van der Waals surface area contributed by atoms with Gasteiger partial charge in [0.25, 0.3) is 6.62 Å². The first kappa shape index (κ1) is 23.1. The average Bonchev–Trinajstić information content (AvgIpc) is 3.10. The molecule has 0 amide bonds. The molecule has 4 nitrogen and oxygen atoms in total. The summed E-state index contributed by atoms with van der Waals surface area (Å²) in [5, 5.41) is 11.0. The van der Waals surface area contributed by atoms with E-state index in [-0.39, 0.29) is 0 Å². The lowest BCUT2D eigenvalue weighted by Gasteiger charge is -2.20. The Kier molecular flexibility index (Phi) is 6.32. The third kappa shape index (κ3) is 5.38. The molecule has 0 radical (unpaired) electrons. The van der Waals surface area contributed by atoms with Crippen molar-refractivity contribution in [2.45, 2.75) is 0 Å². The van der Waals surface area contributed by atoms with Crippen molar-refractivity contribution in [1.82, 2.24) is 0 Å². The van der Waals surface area contributed by atoms with Gasteiger partial charge < -0.3 is 0 Å². The molecule has 6 aromatic rings. The third-order valence-electron chi connectivity index (χ3n) is 7.27. The molecule has 0 aliphatic carbocycles. The topological polar surface area (TPSA) is 31.0 Å². The molecule has 4 heteroatoms. The molecule has 0 bridgehead atoms. The Morgan fingerprint density at radius 3 is 1.31 bits per heavy atom. The lowest BCUT2D eigenvalue weighted by atomic mass is 10.0. The molecule has 0 atom stereocenters. The Balaban J connectivity index is 1.29. The van der Waals surface area contributed by atoms with E-state index >= 15 is 0 Å². The smallest absolute Gasteiger partial charge is 0.201 e. The molecule has 0 spiro atoms. The minimum atomic E-state index is -2.09. The number of anilines is 1. The van der Waals surface area contributed by atoms with E-state index in [9.17, 15) is 2.74 Å². The summed E-state index contributed by atoms with van der Waals surface area (Å²) >= 11 is 0. The summed E-state index contributed by atoms with van der Waals surface area (Å²) in [6.07, 6.45) is 0. The second-order valence-electron chi connectivity index (χ2n) is 10.0. The Bertz CT molecular complexity index is 1940. The molecule has 0 saturated heterocycles. The van der Waals surface area contributed by atoms with Crippen molar-refractivity contribution in [3.63, 3.8) is 0 Å². The Morgan fingerprint density at radius 2 is 0.833 bits per heavy atom. The van der Waals surface area contributed by atoms with Gasteiger partial charge in [0.15, 0.2) is 0 Å². The molecule has 7 rings (SSSR count). The number of rotatable bonds is 6. The van der Waals surface area contributed by atoms with Gasteiger partial charge in [0, 0.05) is 22.8 Å². The van der Waals surface area contributed by atoms with Gasteiger partial charge in [0.1, 0.15) is 2.74 Å². The number of benzene rings is 6. The highest BCUT2D eigenvalue weighted by Crippen LogP contribution is 2.28. The summed E-state index contributed by atoms with van der Waals surface area (Å²) in [4.78, 5) is 0. The molecule has 0 N–H and O–H groups in total. The van der Waals surface area contributed by atoms with Crippen molar-refractivity contribution in [3.05, 3.63) is 169 Å². The van der Waals surface area contributed by atoms with E-state index in [1.54, 1.807) is 0 Å². The van der Waals surface area contributed by atoms with E-state index in [1.165, 1.54) is 9.71 Å². The fourth-order valence-corrected chi connectivity index (χ4v) is 4.98. The van der Waals surface area contributed by atoms with Gasteiger partial charge >= 0.3 is 0 Å². The monoisotopic (exact) mass is 543 g/mol. The fourth-order valence-electron chi connectivity index (χ4n) is 4.98. The lowest BCUT2D eigenvalue weighted by Crippen LogP contribution is -2.31. The van der Waals surface area contributed by atoms with Crippen LogP contribution in [-0.2, 0) is 0 Å². The number of amidine groups is 1. The van der Waals surface area contributed by atoms with Crippen LogP contribution in [0.1, 0.15) is 8.30 Å². The standard InChI is InChI=1S/C38H29N4/c1-4-10-29(11-5-1)32-16-18-35(19-17-32)38-39-41(36-24-20-33(21-25-36)30-12-6-2-7-13-30)28-42(40-38)37-26-22-34(23-27-37)31-14-8-3-9-15-31/h1-27H,28H2/q+1/i28D2. The van der Waals surface area contributed by atoms with Crippen LogP contribution in [0.5, 0.6) is 0 Å². The SMILES string of the molecule is [2H]C1([2H])N(c2ccc(-c3ccccc3)cc2)N=C(c2ccc(-c3ccccc3)cc2)N=[N+]1c1ccc(-c2ccccc2)cc1. The van der Waals surface area contributed by atoms with Crippen molar-refractivity contribution in [3.8, 4) is 33.4 Å². The van der Waals surface area contributed by atoms with E-state index in [2.05, 4.69) is 36.4 Å². The Hall–Kier alpha value is -5.61. The Morgan fingerprint density at radius 1 is 0.452 bits per heavy atom. The summed E-state index contributed by atoms with van der Waals surface area (Å²) < 4.78 is 20.0. The molecule has 1 heterocycles. The van der Waals surface area contributed by atoms with Crippen molar-refractivity contribution < 1.29 is 7.44 Å². The molecule has 0 unspecified atom stereocenters. The fraction of sp³-hybridized carbons (Fsp3) is 0.0263. The highest BCUT2D eigenvalue weighted by Gasteiger charge is 2.26. The zero-order valence-corrected chi connectivity index (χ0v) is 22.9. The van der Waals surface area contributed by atoms with Gasteiger partial charge in [-0.05, 0) is 57.6 Å². The van der Waals surface area contributed by atoms with Crippen LogP contribution < -0.4 is 5.01 Å². The third-order valence-corrected chi connectivity index (χ3v) is 7.27. The first-order chi connectivity index (χ1) is 21.6. The van der Waals surface area contributed by atoms with Crippen LogP contribution in [0.25, 0.3) is 33.4 Å². The maximum absolute atomic E-state index is 9.27. The van der Waals surface area contributed by atoms with Gasteiger partial charge in [-0.1, -0.05) is 132 Å².